The number of hydrogen-bond donors (Lipinski definition) is 2. The van der Waals surface area contributed by atoms with Crippen molar-refractivity contribution in [3.8, 4) is 5.75 Å². The summed E-state index contributed by atoms with van der Waals surface area (Å²) in [7, 11) is 0. The van der Waals surface area contributed by atoms with E-state index in [0.29, 0.717) is 5.69 Å². The minimum absolute atomic E-state index is 0.222. The number of nitrogens with two attached hydrogens (primary N) is 1. The molecule has 0 saturated carbocycles. The smallest absolute Gasteiger partial charge is 0.118 e. The average Bonchev–Trinajstić information content (AvgIpc) is 1.59. The Kier molecular flexibility index (Phi) is 1.80. The third-order valence-corrected chi connectivity index (χ3v) is 1.53. The maximum absolute atomic E-state index is 8.91. The fourth-order valence-corrected chi connectivity index (χ4v) is 1.27. The minimum atomic E-state index is 0.222. The molecule has 1 rings (SSSR count). The molecule has 1 aromatic rings. The number of anilines is 1. The van der Waals surface area contributed by atoms with Crippen LogP contribution in [0.2, 0.25) is 0 Å². The van der Waals surface area contributed by atoms with Crippen molar-refractivity contribution in [1.82, 2.24) is 0 Å². The van der Waals surface area contributed by atoms with E-state index in [1.54, 1.807) is 12.1 Å². The highest BCUT2D eigenvalue weighted by molar-refractivity contribution is 14.1. The number of phenols is 1. The second-order valence-electron chi connectivity index (χ2n) is 1.74. The monoisotopic (exact) mass is 235 g/mol. The van der Waals surface area contributed by atoms with Gasteiger partial charge in [0.1, 0.15) is 5.75 Å². The molecule has 0 aliphatic carbocycles. The molecule has 0 aromatic heterocycles. The van der Waals surface area contributed by atoms with E-state index in [0.717, 1.165) is 3.57 Å². The van der Waals surface area contributed by atoms with Gasteiger partial charge in [0.2, 0.25) is 0 Å². The van der Waals surface area contributed by atoms with Gasteiger partial charge in [0.05, 0.1) is 0 Å². The van der Waals surface area contributed by atoms with E-state index in [1.807, 2.05) is 0 Å². The number of benzene rings is 1. The molecule has 0 unspecified atom stereocenters. The van der Waals surface area contributed by atoms with Gasteiger partial charge in [-0.25, -0.2) is 0 Å². The second kappa shape index (κ2) is 2.43. The summed E-state index contributed by atoms with van der Waals surface area (Å²) in [4.78, 5) is 0. The summed E-state index contributed by atoms with van der Waals surface area (Å²) < 4.78 is 0.949. The third-order valence-electron chi connectivity index (χ3n) is 0.905. The lowest BCUT2D eigenvalue weighted by molar-refractivity contribution is 0.475. The topological polar surface area (TPSA) is 46.2 Å². The van der Waals surface area contributed by atoms with E-state index in [4.69, 9.17) is 10.8 Å². The van der Waals surface area contributed by atoms with Gasteiger partial charge >= 0.3 is 0 Å². The van der Waals surface area contributed by atoms with Gasteiger partial charge in [0, 0.05) is 15.3 Å². The number of nitrogen functional groups attached to an aromatic ring is 1. The summed E-state index contributed by atoms with van der Waals surface area (Å²) in [5.74, 6) is 0.222. The van der Waals surface area contributed by atoms with E-state index in [2.05, 4.69) is 22.6 Å². The summed E-state index contributed by atoms with van der Waals surface area (Å²) in [5, 5.41) is 8.91. The highest BCUT2D eigenvalue weighted by Gasteiger charge is 1.91. The zero-order valence-electron chi connectivity index (χ0n) is 4.63. The Morgan fingerprint density at radius 1 is 1.33 bits per heavy atom. The molecule has 0 amide bonds. The van der Waals surface area contributed by atoms with Crippen molar-refractivity contribution in [3.05, 3.63) is 21.8 Å². The van der Waals surface area contributed by atoms with Gasteiger partial charge < -0.3 is 10.8 Å². The highest BCUT2D eigenvalue weighted by atomic mass is 127. The van der Waals surface area contributed by atoms with Gasteiger partial charge in [-0.2, -0.15) is 0 Å². The Hall–Kier alpha value is -0.450. The molecule has 0 atom stereocenters. The zero-order chi connectivity index (χ0) is 6.85. The van der Waals surface area contributed by atoms with Crippen molar-refractivity contribution in [2.45, 2.75) is 0 Å². The molecule has 3 heteroatoms. The molecule has 1 aromatic carbocycles. The Bertz CT molecular complexity index is 174. The molecule has 0 aliphatic rings. The standard InChI is InChI=1S/C6H6INO/c7-4-1-5(8)3-6(9)2-4/h1-3,9H,8H2. The molecule has 0 saturated heterocycles. The van der Waals surface area contributed by atoms with E-state index < -0.39 is 0 Å². The highest BCUT2D eigenvalue weighted by Crippen LogP contribution is 2.17. The van der Waals surface area contributed by atoms with Gasteiger partial charge in [0.25, 0.3) is 0 Å². The van der Waals surface area contributed by atoms with Crippen molar-refractivity contribution in [1.29, 1.82) is 0 Å². The van der Waals surface area contributed by atoms with Crippen LogP contribution in [-0.2, 0) is 0 Å². The fraction of sp³-hybridized carbons (Fsp3) is 0. The van der Waals surface area contributed by atoms with Gasteiger partial charge in [-0.15, -0.1) is 0 Å². The van der Waals surface area contributed by atoms with Crippen molar-refractivity contribution in [2.24, 2.45) is 0 Å². The van der Waals surface area contributed by atoms with Crippen LogP contribution in [0.25, 0.3) is 0 Å². The predicted octanol–water partition coefficient (Wildman–Crippen LogP) is 1.58. The number of rotatable bonds is 0. The molecular weight excluding hydrogens is 229 g/mol. The maximum atomic E-state index is 8.91. The van der Waals surface area contributed by atoms with E-state index in [1.165, 1.54) is 6.07 Å². The van der Waals surface area contributed by atoms with E-state index in [9.17, 15) is 0 Å². The summed E-state index contributed by atoms with van der Waals surface area (Å²) >= 11 is 2.09. The lowest BCUT2D eigenvalue weighted by atomic mass is 10.3. The molecule has 0 bridgehead atoms. The first-order valence-corrected chi connectivity index (χ1v) is 3.51. The molecule has 0 radical (unpaired) electrons. The van der Waals surface area contributed by atoms with Gasteiger partial charge in [-0.05, 0) is 34.7 Å². The molecule has 48 valence electrons. The number of phenolic OH excluding ortho intramolecular Hbond substituents is 1. The van der Waals surface area contributed by atoms with Gasteiger partial charge in [-0.1, -0.05) is 0 Å². The average molecular weight is 235 g/mol. The third kappa shape index (κ3) is 1.74. The number of hydrogen-bond acceptors (Lipinski definition) is 2. The molecule has 2 nitrogen and oxygen atoms in total. The van der Waals surface area contributed by atoms with Crippen LogP contribution in [-0.4, -0.2) is 5.11 Å². The lowest BCUT2D eigenvalue weighted by Gasteiger charge is -1.94. The molecule has 3 N–H and O–H groups in total. The summed E-state index contributed by atoms with van der Waals surface area (Å²) in [6, 6.07) is 4.96. The Labute approximate surface area is 66.8 Å². The summed E-state index contributed by atoms with van der Waals surface area (Å²) in [5.41, 5.74) is 5.99. The van der Waals surface area contributed by atoms with Crippen LogP contribution in [0.3, 0.4) is 0 Å². The lowest BCUT2D eigenvalue weighted by Crippen LogP contribution is -1.83. The van der Waals surface area contributed by atoms with Crippen LogP contribution >= 0.6 is 22.6 Å². The van der Waals surface area contributed by atoms with Crippen LogP contribution in [0.15, 0.2) is 18.2 Å². The van der Waals surface area contributed by atoms with Crippen LogP contribution in [0.1, 0.15) is 0 Å². The Morgan fingerprint density at radius 3 is 2.44 bits per heavy atom. The van der Waals surface area contributed by atoms with Gasteiger partial charge in [0.15, 0.2) is 0 Å². The van der Waals surface area contributed by atoms with Crippen molar-refractivity contribution < 1.29 is 5.11 Å². The van der Waals surface area contributed by atoms with Crippen molar-refractivity contribution >= 4 is 28.3 Å². The molecule has 0 aliphatic heterocycles. The zero-order valence-corrected chi connectivity index (χ0v) is 6.79. The Balaban J connectivity index is 3.17. The van der Waals surface area contributed by atoms with E-state index >= 15 is 0 Å². The normalized spacial score (nSPS) is 9.44. The second-order valence-corrected chi connectivity index (χ2v) is 2.99. The quantitative estimate of drug-likeness (QED) is 0.529. The Morgan fingerprint density at radius 2 is 2.00 bits per heavy atom. The molecule has 0 spiro atoms. The minimum Gasteiger partial charge on any atom is -0.508 e. The molecular formula is C6H6INO. The predicted molar refractivity (Wildman–Crippen MR) is 45.2 cm³/mol. The first-order chi connectivity index (χ1) is 4.18. The largest absolute Gasteiger partial charge is 0.508 e. The SMILES string of the molecule is Nc1cc(O)cc(I)c1. The van der Waals surface area contributed by atoms with Crippen LogP contribution < -0.4 is 5.73 Å². The number of halogens is 1. The fourth-order valence-electron chi connectivity index (χ4n) is 0.596. The molecule has 0 fully saturated rings. The van der Waals surface area contributed by atoms with Crippen molar-refractivity contribution in [3.63, 3.8) is 0 Å². The van der Waals surface area contributed by atoms with Gasteiger partial charge in [-0.3, -0.25) is 0 Å². The van der Waals surface area contributed by atoms with Crippen LogP contribution in [0.5, 0.6) is 5.75 Å². The maximum Gasteiger partial charge on any atom is 0.118 e. The molecule has 0 heterocycles. The first kappa shape index (κ1) is 6.67. The summed E-state index contributed by atoms with van der Waals surface area (Å²) in [6.07, 6.45) is 0. The summed E-state index contributed by atoms with van der Waals surface area (Å²) in [6.45, 7) is 0. The first-order valence-electron chi connectivity index (χ1n) is 2.43. The van der Waals surface area contributed by atoms with Crippen LogP contribution in [0.4, 0.5) is 5.69 Å². The van der Waals surface area contributed by atoms with Crippen molar-refractivity contribution in [2.75, 3.05) is 5.73 Å². The number of aromatic hydroxyl groups is 1. The van der Waals surface area contributed by atoms with E-state index in [-0.39, 0.29) is 5.75 Å². The molecule has 9 heavy (non-hydrogen) atoms. The van der Waals surface area contributed by atoms with Crippen LogP contribution in [0, 0.1) is 3.57 Å².